The van der Waals surface area contributed by atoms with Gasteiger partial charge in [0.2, 0.25) is 0 Å². The lowest BCUT2D eigenvalue weighted by Crippen LogP contribution is -2.58. The van der Waals surface area contributed by atoms with Crippen LogP contribution in [0.5, 0.6) is 0 Å². The molecule has 1 heterocycles. The SMILES string of the molecule is C1=COSC=C1.[O-][Cl+3]([O-])([O-])O. The van der Waals surface area contributed by atoms with E-state index in [4.69, 9.17) is 22.8 Å². The highest BCUT2D eigenvalue weighted by Crippen LogP contribution is 2.08. The molecular weight excluding hydrogens is 196 g/mol. The van der Waals surface area contributed by atoms with E-state index in [0.29, 0.717) is 0 Å². The molecule has 7 heteroatoms. The van der Waals surface area contributed by atoms with Gasteiger partial charge < -0.3 is 4.18 Å². The summed E-state index contributed by atoms with van der Waals surface area (Å²) >= 11 is 1.33. The monoisotopic (exact) mass is 200 g/mol. The molecule has 0 unspecified atom stereocenters. The zero-order valence-electron chi connectivity index (χ0n) is 5.18. The Bertz CT molecular complexity index is 133. The normalized spacial score (nSPS) is 14.9. The van der Waals surface area contributed by atoms with E-state index >= 15 is 0 Å². The van der Waals surface area contributed by atoms with Gasteiger partial charge in [-0.1, -0.05) is 0 Å². The van der Waals surface area contributed by atoms with Crippen molar-refractivity contribution < 1.29 is 33.1 Å². The number of allylic oxidation sites excluding steroid dienone is 2. The minimum absolute atomic E-state index is 1.33. The van der Waals surface area contributed by atoms with E-state index in [1.807, 2.05) is 17.6 Å². The molecule has 5 nitrogen and oxygen atoms in total. The number of halogens is 1. The van der Waals surface area contributed by atoms with Crippen LogP contribution >= 0.6 is 12.0 Å². The van der Waals surface area contributed by atoms with Crippen LogP contribution < -0.4 is 14.0 Å². The van der Waals surface area contributed by atoms with Crippen LogP contribution in [0.2, 0.25) is 0 Å². The molecule has 0 aliphatic carbocycles. The van der Waals surface area contributed by atoms with Gasteiger partial charge in [0.25, 0.3) is 0 Å². The average molecular weight is 201 g/mol. The van der Waals surface area contributed by atoms with Gasteiger partial charge in [-0.3, -0.25) is 0 Å². The van der Waals surface area contributed by atoms with Crippen molar-refractivity contribution in [3.63, 3.8) is 0 Å². The second-order valence-electron chi connectivity index (χ2n) is 1.25. The Hall–Kier alpha value is -0.240. The van der Waals surface area contributed by atoms with Crippen molar-refractivity contribution in [2.45, 2.75) is 0 Å². The minimum Gasteiger partial charge on any atom is -0.429 e. The Balaban J connectivity index is 0.000000187. The van der Waals surface area contributed by atoms with E-state index in [9.17, 15) is 0 Å². The molecular formula is C4H5ClO5S. The minimum atomic E-state index is -4.69. The second-order valence-corrected chi connectivity index (χ2v) is 2.69. The molecule has 1 aliphatic heterocycles. The van der Waals surface area contributed by atoms with Gasteiger partial charge >= 0.3 is 0 Å². The fourth-order valence-electron chi connectivity index (χ4n) is 0.219. The van der Waals surface area contributed by atoms with E-state index in [0.717, 1.165) is 0 Å². The molecule has 0 atom stereocenters. The van der Waals surface area contributed by atoms with Crippen molar-refractivity contribution in [1.29, 1.82) is 0 Å². The summed E-state index contributed by atoms with van der Waals surface area (Å²) < 4.78 is 37.4. The van der Waals surface area contributed by atoms with Crippen LogP contribution in [0.3, 0.4) is 0 Å². The van der Waals surface area contributed by atoms with E-state index in [1.165, 1.54) is 12.0 Å². The number of rotatable bonds is 0. The smallest absolute Gasteiger partial charge is 0.101 e. The Morgan fingerprint density at radius 2 is 1.82 bits per heavy atom. The first kappa shape index (κ1) is 10.8. The Morgan fingerprint density at radius 3 is 1.91 bits per heavy atom. The zero-order valence-corrected chi connectivity index (χ0v) is 6.75. The topological polar surface area (TPSA) is 98.6 Å². The first-order valence-electron chi connectivity index (χ1n) is 2.27. The summed E-state index contributed by atoms with van der Waals surface area (Å²) in [7, 11) is -4.69. The third-order valence-corrected chi connectivity index (χ3v) is 0.925. The van der Waals surface area contributed by atoms with Gasteiger partial charge in [0.15, 0.2) is 0 Å². The summed E-state index contributed by atoms with van der Waals surface area (Å²) in [5, 5.41) is 1.88. The largest absolute Gasteiger partial charge is 0.429 e. The summed E-state index contributed by atoms with van der Waals surface area (Å²) in [6, 6.07) is 0. The molecule has 0 saturated heterocycles. The summed E-state index contributed by atoms with van der Waals surface area (Å²) in [6.07, 6.45) is 5.41. The Kier molecular flexibility index (Phi) is 5.30. The third-order valence-electron chi connectivity index (χ3n) is 0.435. The fraction of sp³-hybridized carbons (Fsp3) is 0. The number of hydrogen-bond donors (Lipinski definition) is 1. The van der Waals surface area contributed by atoms with Gasteiger partial charge in [0.1, 0.15) is 6.26 Å². The predicted octanol–water partition coefficient (Wildman–Crippen LogP) is -2.43. The van der Waals surface area contributed by atoms with Crippen LogP contribution in [0.4, 0.5) is 0 Å². The van der Waals surface area contributed by atoms with Crippen molar-refractivity contribution in [2.75, 3.05) is 0 Å². The molecule has 0 saturated carbocycles. The molecule has 64 valence electrons. The zero-order chi connectivity index (χ0) is 8.74. The van der Waals surface area contributed by atoms with Crippen LogP contribution in [0.1, 0.15) is 0 Å². The van der Waals surface area contributed by atoms with Gasteiger partial charge in [-0.05, 0) is 12.2 Å². The number of hydrogen-bond acceptors (Lipinski definition) is 6. The van der Waals surface area contributed by atoms with Crippen molar-refractivity contribution in [2.24, 2.45) is 0 Å². The van der Waals surface area contributed by atoms with E-state index < -0.39 is 10.2 Å². The summed E-state index contributed by atoms with van der Waals surface area (Å²) in [5.41, 5.74) is 0. The average Bonchev–Trinajstić information content (AvgIpc) is 1.88. The molecule has 0 spiro atoms. The maximum Gasteiger partial charge on any atom is 0.101 e. The lowest BCUT2D eigenvalue weighted by atomic mass is 10.6. The lowest BCUT2D eigenvalue weighted by Gasteiger charge is -2.03. The Labute approximate surface area is 69.5 Å². The first-order chi connectivity index (χ1) is 5.00. The van der Waals surface area contributed by atoms with Crippen LogP contribution in [0, 0.1) is 10.2 Å². The summed E-state index contributed by atoms with van der Waals surface area (Å²) in [4.78, 5) is 0. The Morgan fingerprint density at radius 1 is 1.27 bits per heavy atom. The van der Waals surface area contributed by atoms with Crippen LogP contribution in [-0.2, 0) is 4.18 Å². The molecule has 0 aromatic heterocycles. The molecule has 0 bridgehead atoms. The molecule has 0 fully saturated rings. The molecule has 11 heavy (non-hydrogen) atoms. The van der Waals surface area contributed by atoms with Gasteiger partial charge in [-0.2, -0.15) is 14.0 Å². The summed E-state index contributed by atoms with van der Waals surface area (Å²) in [6.45, 7) is 0. The van der Waals surface area contributed by atoms with Gasteiger partial charge in [-0.25, -0.2) is 0 Å². The van der Waals surface area contributed by atoms with Crippen molar-refractivity contribution in [1.82, 2.24) is 0 Å². The highest BCUT2D eigenvalue weighted by Gasteiger charge is 1.98. The first-order valence-corrected chi connectivity index (χ1v) is 4.34. The van der Waals surface area contributed by atoms with Crippen LogP contribution in [0.15, 0.2) is 23.8 Å². The second kappa shape index (κ2) is 5.42. The molecule has 0 amide bonds. The highest BCUT2D eigenvalue weighted by atomic mass is 35.7. The fourth-order valence-corrected chi connectivity index (χ4v) is 0.566. The molecule has 1 N–H and O–H groups in total. The van der Waals surface area contributed by atoms with Crippen molar-refractivity contribution in [3.05, 3.63) is 23.8 Å². The van der Waals surface area contributed by atoms with E-state index in [1.54, 1.807) is 6.26 Å². The lowest BCUT2D eigenvalue weighted by molar-refractivity contribution is -1.92. The molecule has 0 aromatic carbocycles. The quantitative estimate of drug-likeness (QED) is 0.437. The maximum absolute atomic E-state index is 8.60. The standard InChI is InChI=1S/C4H4OS.ClHO4/c1-2-4-6-5-3-1;2-1(3,4)5/h1-4H;(H,2,3,4,5). The van der Waals surface area contributed by atoms with Crippen molar-refractivity contribution in [3.8, 4) is 0 Å². The maximum atomic E-state index is 8.60. The predicted molar refractivity (Wildman–Crippen MR) is 29.2 cm³/mol. The third kappa shape index (κ3) is 17.7. The molecule has 0 radical (unpaired) electrons. The summed E-state index contributed by atoms with van der Waals surface area (Å²) in [5.74, 6) is 0. The molecule has 0 aromatic rings. The van der Waals surface area contributed by atoms with E-state index in [2.05, 4.69) is 0 Å². The van der Waals surface area contributed by atoms with E-state index in [-0.39, 0.29) is 0 Å². The molecule has 1 rings (SSSR count). The van der Waals surface area contributed by atoms with Crippen LogP contribution in [0.25, 0.3) is 0 Å². The van der Waals surface area contributed by atoms with Crippen molar-refractivity contribution >= 4 is 12.0 Å². The van der Waals surface area contributed by atoms with Gasteiger partial charge in [-0.15, -0.1) is 0 Å². The van der Waals surface area contributed by atoms with Gasteiger partial charge in [0.05, 0.1) is 26.9 Å². The molecule has 1 aliphatic rings. The highest BCUT2D eigenvalue weighted by molar-refractivity contribution is 7.97. The van der Waals surface area contributed by atoms with Crippen LogP contribution in [-0.4, -0.2) is 4.66 Å². The van der Waals surface area contributed by atoms with Gasteiger partial charge in [0, 0.05) is 5.41 Å².